The van der Waals surface area contributed by atoms with Crippen LogP contribution in [0.15, 0.2) is 21.9 Å². The van der Waals surface area contributed by atoms with Crippen molar-refractivity contribution in [3.8, 4) is 0 Å². The van der Waals surface area contributed by atoms with E-state index in [4.69, 9.17) is 0 Å². The van der Waals surface area contributed by atoms with Crippen molar-refractivity contribution in [3.63, 3.8) is 0 Å². The Morgan fingerprint density at radius 3 is 2.59 bits per heavy atom. The van der Waals surface area contributed by atoms with Crippen LogP contribution in [-0.4, -0.2) is 14.9 Å². The molecule has 0 aliphatic heterocycles. The Kier molecular flexibility index (Phi) is 4.87. The fourth-order valence-corrected chi connectivity index (χ4v) is 1.61. The maximum atomic E-state index is 11.8. The molecule has 0 bridgehead atoms. The van der Waals surface area contributed by atoms with E-state index in [-0.39, 0.29) is 17.0 Å². The highest BCUT2D eigenvalue weighted by atomic mass is 16.2. The first-order valence-corrected chi connectivity index (χ1v) is 5.92. The van der Waals surface area contributed by atoms with Crippen molar-refractivity contribution < 1.29 is 4.79 Å². The molecule has 0 radical (unpaired) electrons. The Balaban J connectivity index is 2.81. The second-order valence-corrected chi connectivity index (χ2v) is 3.87. The molecule has 0 aliphatic rings. The summed E-state index contributed by atoms with van der Waals surface area (Å²) in [5.74, 6) is 0.157. The van der Waals surface area contributed by atoms with Gasteiger partial charge in [0.2, 0.25) is 0 Å². The monoisotopic (exact) mass is 238 g/mol. The molecule has 0 amide bonds. The van der Waals surface area contributed by atoms with Gasteiger partial charge in [0, 0.05) is 38.2 Å². The van der Waals surface area contributed by atoms with Gasteiger partial charge < -0.3 is 4.57 Å². The van der Waals surface area contributed by atoms with Crippen molar-refractivity contribution in [3.05, 3.63) is 33.1 Å². The van der Waals surface area contributed by atoms with Crippen molar-refractivity contribution in [2.45, 2.75) is 46.2 Å². The van der Waals surface area contributed by atoms with Crippen LogP contribution >= 0.6 is 0 Å². The van der Waals surface area contributed by atoms with Gasteiger partial charge in [0.25, 0.3) is 5.56 Å². The van der Waals surface area contributed by atoms with E-state index in [0.717, 1.165) is 0 Å². The first-order chi connectivity index (χ1) is 8.10. The third kappa shape index (κ3) is 3.41. The molecule has 0 aliphatic carbocycles. The fourth-order valence-electron chi connectivity index (χ4n) is 1.61. The van der Waals surface area contributed by atoms with E-state index in [1.165, 1.54) is 21.4 Å². The lowest BCUT2D eigenvalue weighted by molar-refractivity contribution is -0.118. The number of ketones is 1. The number of rotatable bonds is 6. The highest BCUT2D eigenvalue weighted by Crippen LogP contribution is 1.95. The third-order valence-electron chi connectivity index (χ3n) is 2.71. The molecule has 0 unspecified atom stereocenters. The van der Waals surface area contributed by atoms with Crippen LogP contribution in [0.3, 0.4) is 0 Å². The van der Waals surface area contributed by atoms with Crippen LogP contribution in [0.4, 0.5) is 0 Å². The molecule has 94 valence electrons. The molecular weight excluding hydrogens is 220 g/mol. The number of aromatic nitrogens is 2. The minimum Gasteiger partial charge on any atom is -0.301 e. The molecule has 17 heavy (non-hydrogen) atoms. The Morgan fingerprint density at radius 1 is 1.29 bits per heavy atom. The van der Waals surface area contributed by atoms with Gasteiger partial charge in [-0.2, -0.15) is 0 Å². The number of nitrogens with zero attached hydrogens (tertiary/aromatic N) is 2. The van der Waals surface area contributed by atoms with Gasteiger partial charge >= 0.3 is 5.69 Å². The number of aryl methyl sites for hydroxylation is 1. The molecule has 0 spiro atoms. The van der Waals surface area contributed by atoms with Gasteiger partial charge in [-0.1, -0.05) is 6.92 Å². The zero-order valence-electron chi connectivity index (χ0n) is 10.3. The number of hydrogen-bond donors (Lipinski definition) is 0. The summed E-state index contributed by atoms with van der Waals surface area (Å²) in [4.78, 5) is 34.4. The lowest BCUT2D eigenvalue weighted by Gasteiger charge is -2.07. The smallest absolute Gasteiger partial charge is 0.301 e. The van der Waals surface area contributed by atoms with E-state index < -0.39 is 0 Å². The van der Waals surface area contributed by atoms with E-state index in [1.807, 2.05) is 6.92 Å². The predicted molar refractivity (Wildman–Crippen MR) is 65.2 cm³/mol. The lowest BCUT2D eigenvalue weighted by Crippen LogP contribution is -2.38. The average molecular weight is 238 g/mol. The van der Waals surface area contributed by atoms with Crippen molar-refractivity contribution >= 4 is 5.78 Å². The maximum absolute atomic E-state index is 11.8. The second-order valence-electron chi connectivity index (χ2n) is 3.87. The van der Waals surface area contributed by atoms with Crippen LogP contribution in [-0.2, 0) is 17.9 Å². The Labute approximate surface area is 99.7 Å². The van der Waals surface area contributed by atoms with Crippen molar-refractivity contribution in [2.75, 3.05) is 0 Å². The standard InChI is InChI=1S/C12H18N2O3/c1-3-10(15)6-5-8-14-11(16)7-9-13(4-2)12(14)17/h7,9H,3-6,8H2,1-2H3. The molecule has 5 heteroatoms. The summed E-state index contributed by atoms with van der Waals surface area (Å²) in [5.41, 5.74) is -0.604. The highest BCUT2D eigenvalue weighted by Gasteiger charge is 2.05. The zero-order chi connectivity index (χ0) is 12.8. The predicted octanol–water partition coefficient (Wildman–Crippen LogP) is 0.789. The molecule has 0 fully saturated rings. The molecule has 0 aromatic carbocycles. The number of carbonyl (C=O) groups excluding carboxylic acids is 1. The number of carbonyl (C=O) groups is 1. The van der Waals surface area contributed by atoms with Crippen LogP contribution in [0, 0.1) is 0 Å². The lowest BCUT2D eigenvalue weighted by atomic mass is 10.2. The summed E-state index contributed by atoms with van der Waals surface area (Å²) >= 11 is 0. The molecule has 0 saturated carbocycles. The van der Waals surface area contributed by atoms with E-state index in [9.17, 15) is 14.4 Å². The topological polar surface area (TPSA) is 61.1 Å². The maximum Gasteiger partial charge on any atom is 0.330 e. The molecule has 1 aromatic rings. The Morgan fingerprint density at radius 2 is 2.00 bits per heavy atom. The summed E-state index contributed by atoms with van der Waals surface area (Å²) in [6, 6.07) is 1.38. The van der Waals surface area contributed by atoms with Gasteiger partial charge in [-0.05, 0) is 13.3 Å². The van der Waals surface area contributed by atoms with Gasteiger partial charge in [-0.25, -0.2) is 4.79 Å². The fraction of sp³-hybridized carbons (Fsp3) is 0.583. The minimum absolute atomic E-state index is 0.157. The number of Topliss-reactive ketones (excluding diaryl/α,β-unsaturated/α-hetero) is 1. The molecule has 5 nitrogen and oxygen atoms in total. The third-order valence-corrected chi connectivity index (χ3v) is 2.71. The van der Waals surface area contributed by atoms with Gasteiger partial charge in [-0.15, -0.1) is 0 Å². The van der Waals surface area contributed by atoms with Gasteiger partial charge in [0.15, 0.2) is 0 Å². The van der Waals surface area contributed by atoms with E-state index in [1.54, 1.807) is 6.92 Å². The molecule has 0 saturated heterocycles. The first-order valence-electron chi connectivity index (χ1n) is 5.92. The van der Waals surface area contributed by atoms with Crippen LogP contribution in [0.25, 0.3) is 0 Å². The normalized spacial score (nSPS) is 10.5. The van der Waals surface area contributed by atoms with Crippen molar-refractivity contribution in [2.24, 2.45) is 0 Å². The van der Waals surface area contributed by atoms with E-state index in [0.29, 0.717) is 32.4 Å². The van der Waals surface area contributed by atoms with Crippen molar-refractivity contribution in [1.29, 1.82) is 0 Å². The van der Waals surface area contributed by atoms with Crippen LogP contribution in [0.2, 0.25) is 0 Å². The molecule has 1 rings (SSSR count). The van der Waals surface area contributed by atoms with Gasteiger partial charge in [-0.3, -0.25) is 14.2 Å². The largest absolute Gasteiger partial charge is 0.330 e. The molecule has 0 N–H and O–H groups in total. The SMILES string of the molecule is CCC(=O)CCCn1c(=O)ccn(CC)c1=O. The summed E-state index contributed by atoms with van der Waals surface area (Å²) < 4.78 is 2.66. The quantitative estimate of drug-likeness (QED) is 0.736. The zero-order valence-corrected chi connectivity index (χ0v) is 10.3. The second kappa shape index (κ2) is 6.18. The van der Waals surface area contributed by atoms with E-state index >= 15 is 0 Å². The van der Waals surface area contributed by atoms with Crippen LogP contribution < -0.4 is 11.2 Å². The van der Waals surface area contributed by atoms with Gasteiger partial charge in [0.1, 0.15) is 5.78 Å². The Hall–Kier alpha value is -1.65. The summed E-state index contributed by atoms with van der Waals surface area (Å²) in [7, 11) is 0. The van der Waals surface area contributed by atoms with Crippen LogP contribution in [0.1, 0.15) is 33.1 Å². The summed E-state index contributed by atoms with van der Waals surface area (Å²) in [5, 5.41) is 0. The molecule has 1 heterocycles. The highest BCUT2D eigenvalue weighted by molar-refractivity contribution is 5.77. The molecule has 0 atom stereocenters. The first kappa shape index (κ1) is 13.4. The Bertz CT molecular complexity index is 499. The van der Waals surface area contributed by atoms with Crippen molar-refractivity contribution in [1.82, 2.24) is 9.13 Å². The van der Waals surface area contributed by atoms with E-state index in [2.05, 4.69) is 0 Å². The van der Waals surface area contributed by atoms with Gasteiger partial charge in [0.05, 0.1) is 0 Å². The average Bonchev–Trinajstić information content (AvgIpc) is 2.33. The summed E-state index contributed by atoms with van der Waals surface area (Å²) in [6.45, 7) is 4.50. The number of hydrogen-bond acceptors (Lipinski definition) is 3. The molecule has 1 aromatic heterocycles. The molecular formula is C12H18N2O3. The summed E-state index contributed by atoms with van der Waals surface area (Å²) in [6.07, 6.45) is 2.96. The minimum atomic E-state index is -0.302. The van der Waals surface area contributed by atoms with Crippen LogP contribution in [0.5, 0.6) is 0 Å².